The van der Waals surface area contributed by atoms with Crippen molar-refractivity contribution in [1.29, 1.82) is 0 Å². The number of aromatic nitrogens is 2. The number of nitrogens with one attached hydrogen (secondary N) is 1. The van der Waals surface area contributed by atoms with Gasteiger partial charge in [0.25, 0.3) is 0 Å². The summed E-state index contributed by atoms with van der Waals surface area (Å²) < 4.78 is 1.73. The molecule has 1 aromatic heterocycles. The quantitative estimate of drug-likeness (QED) is 0.886. The van der Waals surface area contributed by atoms with Crippen LogP contribution in [0.5, 0.6) is 0 Å². The van der Waals surface area contributed by atoms with Gasteiger partial charge in [-0.3, -0.25) is 14.3 Å². The molecule has 6 nitrogen and oxygen atoms in total. The molecular formula is C17H19N3O3. The van der Waals surface area contributed by atoms with Gasteiger partial charge in [0, 0.05) is 6.20 Å². The highest BCUT2D eigenvalue weighted by Crippen LogP contribution is 2.58. The number of carbonyl (C=O) groups excluding carboxylic acids is 1. The van der Waals surface area contributed by atoms with E-state index in [1.54, 1.807) is 30.9 Å². The lowest BCUT2D eigenvalue weighted by Crippen LogP contribution is -2.17. The molecule has 1 fully saturated rings. The molecule has 1 aliphatic rings. The average Bonchev–Trinajstić information content (AvgIpc) is 2.84. The number of aliphatic carboxylic acids is 1. The number of carbonyl (C=O) groups is 2. The van der Waals surface area contributed by atoms with E-state index in [4.69, 9.17) is 5.11 Å². The Balaban J connectivity index is 1.64. The van der Waals surface area contributed by atoms with Crippen molar-refractivity contribution in [1.82, 2.24) is 9.78 Å². The van der Waals surface area contributed by atoms with Gasteiger partial charge in [0.1, 0.15) is 0 Å². The molecule has 2 aromatic rings. The molecule has 0 spiro atoms. The smallest absolute Gasteiger partial charge is 0.307 e. The molecule has 0 radical (unpaired) electrons. The van der Waals surface area contributed by atoms with Crippen LogP contribution in [0.25, 0.3) is 0 Å². The molecule has 0 saturated heterocycles. The number of carboxylic acid groups (broad SMARTS) is 1. The Bertz CT molecular complexity index is 737. The van der Waals surface area contributed by atoms with Gasteiger partial charge < -0.3 is 10.4 Å². The van der Waals surface area contributed by atoms with Gasteiger partial charge in [-0.25, -0.2) is 0 Å². The maximum absolute atomic E-state index is 12.3. The average molecular weight is 313 g/mol. The van der Waals surface area contributed by atoms with E-state index >= 15 is 0 Å². The van der Waals surface area contributed by atoms with Gasteiger partial charge in [0.05, 0.1) is 30.3 Å². The van der Waals surface area contributed by atoms with Gasteiger partial charge in [0.2, 0.25) is 5.91 Å². The van der Waals surface area contributed by atoms with Crippen molar-refractivity contribution in [3.05, 3.63) is 48.3 Å². The Labute approximate surface area is 134 Å². The fourth-order valence-corrected chi connectivity index (χ4v) is 3.09. The van der Waals surface area contributed by atoms with Gasteiger partial charge in [-0.2, -0.15) is 5.10 Å². The van der Waals surface area contributed by atoms with Crippen LogP contribution in [0.1, 0.15) is 19.4 Å². The first-order valence-electron chi connectivity index (χ1n) is 7.49. The summed E-state index contributed by atoms with van der Waals surface area (Å²) in [6.45, 7) is 4.22. The highest BCUT2D eigenvalue weighted by atomic mass is 16.4. The molecule has 2 unspecified atom stereocenters. The van der Waals surface area contributed by atoms with Crippen molar-refractivity contribution in [2.75, 3.05) is 5.32 Å². The van der Waals surface area contributed by atoms with E-state index in [9.17, 15) is 9.59 Å². The fraction of sp³-hybridized carbons (Fsp3) is 0.353. The zero-order chi connectivity index (χ0) is 16.6. The molecule has 3 rings (SSSR count). The summed E-state index contributed by atoms with van der Waals surface area (Å²) >= 11 is 0. The van der Waals surface area contributed by atoms with E-state index in [1.807, 2.05) is 30.3 Å². The predicted molar refractivity (Wildman–Crippen MR) is 84.8 cm³/mol. The molecule has 0 aliphatic heterocycles. The number of rotatable bonds is 5. The first kappa shape index (κ1) is 15.3. The second kappa shape index (κ2) is 5.53. The third kappa shape index (κ3) is 2.97. The van der Waals surface area contributed by atoms with Crippen LogP contribution in [0.2, 0.25) is 0 Å². The summed E-state index contributed by atoms with van der Waals surface area (Å²) in [6.07, 6.45) is 3.32. The maximum atomic E-state index is 12.3. The second-order valence-electron chi connectivity index (χ2n) is 6.52. The topological polar surface area (TPSA) is 84.2 Å². The minimum absolute atomic E-state index is 0.262. The van der Waals surface area contributed by atoms with Crippen LogP contribution in [-0.2, 0) is 16.1 Å². The lowest BCUT2D eigenvalue weighted by Gasteiger charge is -2.03. The predicted octanol–water partition coefficient (Wildman–Crippen LogP) is 2.23. The molecule has 1 amide bonds. The van der Waals surface area contributed by atoms with Crippen molar-refractivity contribution in [2.24, 2.45) is 17.3 Å². The second-order valence-corrected chi connectivity index (χ2v) is 6.52. The molecule has 1 heterocycles. The largest absolute Gasteiger partial charge is 0.481 e. The molecule has 1 aromatic carbocycles. The lowest BCUT2D eigenvalue weighted by molar-refractivity contribution is -0.140. The normalized spacial score (nSPS) is 21.7. The highest BCUT2D eigenvalue weighted by molar-refractivity contribution is 5.99. The standard InChI is InChI=1S/C17H19N3O3/c1-17(2)13(14(17)16(22)23)15(21)19-12-8-18-20(10-12)9-11-6-4-3-5-7-11/h3-8,10,13-14H,9H2,1-2H3,(H,19,21)(H,22,23). The third-order valence-corrected chi connectivity index (χ3v) is 4.46. The van der Waals surface area contributed by atoms with Gasteiger partial charge in [0.15, 0.2) is 0 Å². The zero-order valence-electron chi connectivity index (χ0n) is 13.1. The maximum Gasteiger partial charge on any atom is 0.307 e. The molecule has 6 heteroatoms. The number of nitrogens with zero attached hydrogens (tertiary/aromatic N) is 2. The van der Waals surface area contributed by atoms with Crippen LogP contribution >= 0.6 is 0 Å². The number of hydrogen-bond donors (Lipinski definition) is 2. The summed E-state index contributed by atoms with van der Waals surface area (Å²) in [5.74, 6) is -2.31. The van der Waals surface area contributed by atoms with Crippen LogP contribution < -0.4 is 5.32 Å². The van der Waals surface area contributed by atoms with Crippen molar-refractivity contribution in [3.8, 4) is 0 Å². The highest BCUT2D eigenvalue weighted by Gasteiger charge is 2.65. The first-order valence-corrected chi connectivity index (χ1v) is 7.49. The Morgan fingerprint density at radius 1 is 1.26 bits per heavy atom. The molecule has 2 atom stereocenters. The van der Waals surface area contributed by atoms with E-state index in [-0.39, 0.29) is 5.91 Å². The Hall–Kier alpha value is -2.63. The van der Waals surface area contributed by atoms with Crippen LogP contribution in [0.4, 0.5) is 5.69 Å². The van der Waals surface area contributed by atoms with E-state index < -0.39 is 23.2 Å². The minimum atomic E-state index is -0.921. The summed E-state index contributed by atoms with van der Waals surface area (Å²) in [7, 11) is 0. The Morgan fingerprint density at radius 2 is 1.96 bits per heavy atom. The van der Waals surface area contributed by atoms with Crippen molar-refractivity contribution in [2.45, 2.75) is 20.4 Å². The molecular weight excluding hydrogens is 294 g/mol. The number of anilines is 1. The van der Waals surface area contributed by atoms with Crippen molar-refractivity contribution in [3.63, 3.8) is 0 Å². The SMILES string of the molecule is CC1(C)C(C(=O)O)C1C(=O)Nc1cnn(Cc2ccccc2)c1. The molecule has 1 aliphatic carbocycles. The molecule has 2 N–H and O–H groups in total. The van der Waals surface area contributed by atoms with Gasteiger partial charge in [-0.15, -0.1) is 0 Å². The summed E-state index contributed by atoms with van der Waals surface area (Å²) in [5, 5.41) is 16.1. The number of carboxylic acids is 1. The van der Waals surface area contributed by atoms with Crippen molar-refractivity contribution < 1.29 is 14.7 Å². The van der Waals surface area contributed by atoms with E-state index in [2.05, 4.69) is 10.4 Å². The fourth-order valence-electron chi connectivity index (χ4n) is 3.09. The zero-order valence-corrected chi connectivity index (χ0v) is 13.1. The molecule has 23 heavy (non-hydrogen) atoms. The Morgan fingerprint density at radius 3 is 2.57 bits per heavy atom. The first-order chi connectivity index (χ1) is 10.9. The Kier molecular flexibility index (Phi) is 3.67. The summed E-state index contributed by atoms with van der Waals surface area (Å²) in [4.78, 5) is 23.4. The van der Waals surface area contributed by atoms with Gasteiger partial charge in [-0.1, -0.05) is 44.2 Å². The van der Waals surface area contributed by atoms with Crippen LogP contribution in [-0.4, -0.2) is 26.8 Å². The third-order valence-electron chi connectivity index (χ3n) is 4.46. The van der Waals surface area contributed by atoms with Crippen LogP contribution in [0, 0.1) is 17.3 Å². The van der Waals surface area contributed by atoms with E-state index in [0.29, 0.717) is 12.2 Å². The van der Waals surface area contributed by atoms with Crippen LogP contribution in [0.3, 0.4) is 0 Å². The van der Waals surface area contributed by atoms with Crippen molar-refractivity contribution >= 4 is 17.6 Å². The molecule has 120 valence electrons. The lowest BCUT2D eigenvalue weighted by atomic mass is 10.1. The van der Waals surface area contributed by atoms with Gasteiger partial charge >= 0.3 is 5.97 Å². The molecule has 0 bridgehead atoms. The van der Waals surface area contributed by atoms with Gasteiger partial charge in [-0.05, 0) is 11.0 Å². The summed E-state index contributed by atoms with van der Waals surface area (Å²) in [5.41, 5.74) is 1.19. The number of benzene rings is 1. The molecule has 1 saturated carbocycles. The summed E-state index contributed by atoms with van der Waals surface area (Å²) in [6, 6.07) is 9.88. The van der Waals surface area contributed by atoms with E-state index in [1.165, 1.54) is 0 Å². The number of amides is 1. The monoisotopic (exact) mass is 313 g/mol. The van der Waals surface area contributed by atoms with E-state index in [0.717, 1.165) is 5.56 Å². The number of hydrogen-bond acceptors (Lipinski definition) is 3. The minimum Gasteiger partial charge on any atom is -0.481 e. The van der Waals surface area contributed by atoms with Crippen LogP contribution in [0.15, 0.2) is 42.7 Å².